The Hall–Kier alpha value is -2.14. The monoisotopic (exact) mass is 308 g/mol. The van der Waals surface area contributed by atoms with Gasteiger partial charge in [0.05, 0.1) is 23.0 Å². The zero-order valence-corrected chi connectivity index (χ0v) is 12.4. The van der Waals surface area contributed by atoms with Crippen molar-refractivity contribution >= 4 is 23.6 Å². The Balaban J connectivity index is 2.30. The molecule has 1 heterocycles. The Morgan fingerprint density at radius 3 is 2.76 bits per heavy atom. The maximum Gasteiger partial charge on any atom is 0.328 e. The minimum atomic E-state index is -1.12. The van der Waals surface area contributed by atoms with Gasteiger partial charge in [-0.25, -0.2) is 9.18 Å². The molecular weight excluding hydrogens is 295 g/mol. The molecule has 0 aliphatic heterocycles. The van der Waals surface area contributed by atoms with Gasteiger partial charge in [-0.05, 0) is 37.6 Å². The molecule has 0 unspecified atom stereocenters. The average molecular weight is 309 g/mol. The van der Waals surface area contributed by atoms with Crippen molar-refractivity contribution in [1.82, 2.24) is 9.78 Å². The molecule has 0 amide bonds. The number of carboxylic acid groups (broad SMARTS) is 1. The number of aromatic nitrogens is 2. The first-order valence-corrected chi connectivity index (χ1v) is 6.65. The molecular formula is C15H14ClFN2O2. The van der Waals surface area contributed by atoms with Crippen LogP contribution in [0.2, 0.25) is 5.02 Å². The van der Waals surface area contributed by atoms with E-state index in [1.807, 2.05) is 13.8 Å². The number of hydrogen-bond donors (Lipinski definition) is 1. The summed E-state index contributed by atoms with van der Waals surface area (Å²) in [7, 11) is 0. The van der Waals surface area contributed by atoms with Crippen LogP contribution in [-0.4, -0.2) is 20.9 Å². The van der Waals surface area contributed by atoms with Gasteiger partial charge in [-0.15, -0.1) is 0 Å². The lowest BCUT2D eigenvalue weighted by Crippen LogP contribution is -2.04. The minimum absolute atomic E-state index is 0.225. The van der Waals surface area contributed by atoms with Crippen LogP contribution in [0.3, 0.4) is 0 Å². The van der Waals surface area contributed by atoms with Gasteiger partial charge in [-0.2, -0.15) is 5.10 Å². The summed E-state index contributed by atoms with van der Waals surface area (Å²) in [5, 5.41) is 13.5. The van der Waals surface area contributed by atoms with Crippen LogP contribution in [-0.2, 0) is 11.3 Å². The van der Waals surface area contributed by atoms with E-state index in [9.17, 15) is 9.18 Å². The van der Waals surface area contributed by atoms with E-state index in [2.05, 4.69) is 5.10 Å². The van der Waals surface area contributed by atoms with Crippen molar-refractivity contribution in [2.45, 2.75) is 20.4 Å². The van der Waals surface area contributed by atoms with Gasteiger partial charge in [0.1, 0.15) is 5.82 Å². The summed E-state index contributed by atoms with van der Waals surface area (Å²) in [6.07, 6.45) is 2.14. The number of carboxylic acids is 1. The molecule has 2 rings (SSSR count). The number of nitrogens with zero attached hydrogens (tertiary/aromatic N) is 2. The Kier molecular flexibility index (Phi) is 4.43. The van der Waals surface area contributed by atoms with Crippen LogP contribution in [0.15, 0.2) is 24.3 Å². The Bertz CT molecular complexity index is 723. The second-order valence-corrected chi connectivity index (χ2v) is 5.05. The van der Waals surface area contributed by atoms with Gasteiger partial charge >= 0.3 is 5.97 Å². The summed E-state index contributed by atoms with van der Waals surface area (Å²) in [6, 6.07) is 4.54. The largest absolute Gasteiger partial charge is 0.478 e. The molecule has 0 atom stereocenters. The average Bonchev–Trinajstić information content (AvgIpc) is 2.67. The summed E-state index contributed by atoms with van der Waals surface area (Å²) < 4.78 is 15.4. The summed E-state index contributed by atoms with van der Waals surface area (Å²) in [5.41, 5.74) is 2.61. The van der Waals surface area contributed by atoms with Crippen molar-refractivity contribution in [3.05, 3.63) is 57.6 Å². The van der Waals surface area contributed by atoms with E-state index in [1.54, 1.807) is 16.8 Å². The number of halogens is 2. The zero-order valence-electron chi connectivity index (χ0n) is 11.6. The van der Waals surface area contributed by atoms with E-state index in [-0.39, 0.29) is 5.56 Å². The van der Waals surface area contributed by atoms with E-state index < -0.39 is 11.8 Å². The lowest BCUT2D eigenvalue weighted by Gasteiger charge is -2.06. The van der Waals surface area contributed by atoms with Gasteiger partial charge in [0.15, 0.2) is 0 Å². The van der Waals surface area contributed by atoms with E-state index in [0.717, 1.165) is 23.0 Å². The standard InChI is InChI=1S/C15H14ClFN2O2/c1-9-15(16)10(2)19(18-9)8-11-3-5-13(17)12(7-11)4-6-14(20)21/h3-7H,8H2,1-2H3,(H,20,21). The molecule has 110 valence electrons. The third kappa shape index (κ3) is 3.49. The first kappa shape index (κ1) is 15.3. The highest BCUT2D eigenvalue weighted by molar-refractivity contribution is 6.31. The highest BCUT2D eigenvalue weighted by atomic mass is 35.5. The lowest BCUT2D eigenvalue weighted by atomic mass is 10.1. The number of aryl methyl sites for hydroxylation is 1. The first-order valence-electron chi connectivity index (χ1n) is 6.27. The molecule has 1 aromatic heterocycles. The van der Waals surface area contributed by atoms with E-state index in [4.69, 9.17) is 16.7 Å². The second-order valence-electron chi connectivity index (χ2n) is 4.67. The fourth-order valence-corrected chi connectivity index (χ4v) is 2.12. The fraction of sp³-hybridized carbons (Fsp3) is 0.200. The molecule has 0 fully saturated rings. The number of benzene rings is 1. The number of rotatable bonds is 4. The van der Waals surface area contributed by atoms with Crippen molar-refractivity contribution in [1.29, 1.82) is 0 Å². The summed E-state index contributed by atoms with van der Waals surface area (Å²) >= 11 is 6.09. The van der Waals surface area contributed by atoms with E-state index in [1.165, 1.54) is 12.1 Å². The molecule has 6 heteroatoms. The Labute approximate surface area is 126 Å². The van der Waals surface area contributed by atoms with Crippen LogP contribution in [0, 0.1) is 19.7 Å². The van der Waals surface area contributed by atoms with Crippen molar-refractivity contribution in [2.24, 2.45) is 0 Å². The van der Waals surface area contributed by atoms with Crippen LogP contribution in [0.25, 0.3) is 6.08 Å². The van der Waals surface area contributed by atoms with Crippen LogP contribution >= 0.6 is 11.6 Å². The van der Waals surface area contributed by atoms with Crippen molar-refractivity contribution in [3.8, 4) is 0 Å². The molecule has 0 aliphatic carbocycles. The molecule has 1 aromatic carbocycles. The topological polar surface area (TPSA) is 55.1 Å². The number of hydrogen-bond acceptors (Lipinski definition) is 2. The Morgan fingerprint density at radius 1 is 1.48 bits per heavy atom. The van der Waals surface area contributed by atoms with Crippen molar-refractivity contribution in [3.63, 3.8) is 0 Å². The quantitative estimate of drug-likeness (QED) is 0.880. The molecule has 2 aromatic rings. The predicted molar refractivity (Wildman–Crippen MR) is 78.9 cm³/mol. The third-order valence-electron chi connectivity index (χ3n) is 3.09. The molecule has 0 spiro atoms. The maximum atomic E-state index is 13.6. The molecule has 0 bridgehead atoms. The molecule has 21 heavy (non-hydrogen) atoms. The van der Waals surface area contributed by atoms with Gasteiger partial charge in [0, 0.05) is 11.6 Å². The minimum Gasteiger partial charge on any atom is -0.478 e. The third-order valence-corrected chi connectivity index (χ3v) is 3.64. The summed E-state index contributed by atoms with van der Waals surface area (Å²) in [4.78, 5) is 10.5. The molecule has 0 saturated carbocycles. The van der Waals surface area contributed by atoms with Crippen LogP contribution in [0.4, 0.5) is 4.39 Å². The maximum absolute atomic E-state index is 13.6. The van der Waals surface area contributed by atoms with Gasteiger partial charge in [0.2, 0.25) is 0 Å². The normalized spacial score (nSPS) is 11.2. The lowest BCUT2D eigenvalue weighted by molar-refractivity contribution is -0.131. The zero-order chi connectivity index (χ0) is 15.6. The molecule has 0 saturated heterocycles. The van der Waals surface area contributed by atoms with Crippen LogP contribution in [0.5, 0.6) is 0 Å². The van der Waals surface area contributed by atoms with E-state index in [0.29, 0.717) is 11.6 Å². The van der Waals surface area contributed by atoms with Gasteiger partial charge < -0.3 is 5.11 Å². The SMILES string of the molecule is Cc1nn(Cc2ccc(F)c(C=CC(=O)O)c2)c(C)c1Cl. The highest BCUT2D eigenvalue weighted by Gasteiger charge is 2.10. The second kappa shape index (κ2) is 6.10. The molecule has 1 N–H and O–H groups in total. The number of carbonyl (C=O) groups is 1. The fourth-order valence-electron chi connectivity index (χ4n) is 1.98. The molecule has 4 nitrogen and oxygen atoms in total. The number of aliphatic carboxylic acids is 1. The predicted octanol–water partition coefficient (Wildman–Crippen LogP) is 3.44. The van der Waals surface area contributed by atoms with Crippen molar-refractivity contribution < 1.29 is 14.3 Å². The Morgan fingerprint density at radius 2 is 2.19 bits per heavy atom. The molecule has 0 aliphatic rings. The summed E-state index contributed by atoms with van der Waals surface area (Å²) in [6.45, 7) is 4.11. The smallest absolute Gasteiger partial charge is 0.328 e. The van der Waals surface area contributed by atoms with Gasteiger partial charge in [-0.1, -0.05) is 17.7 Å². The van der Waals surface area contributed by atoms with Gasteiger partial charge in [0.25, 0.3) is 0 Å². The summed E-state index contributed by atoms with van der Waals surface area (Å²) in [5.74, 6) is -1.59. The molecule has 0 radical (unpaired) electrons. The van der Waals surface area contributed by atoms with Crippen LogP contribution in [0.1, 0.15) is 22.5 Å². The first-order chi connectivity index (χ1) is 9.88. The van der Waals surface area contributed by atoms with Gasteiger partial charge in [-0.3, -0.25) is 4.68 Å². The van der Waals surface area contributed by atoms with Crippen molar-refractivity contribution in [2.75, 3.05) is 0 Å². The van der Waals surface area contributed by atoms with Crippen LogP contribution < -0.4 is 0 Å². The highest BCUT2D eigenvalue weighted by Crippen LogP contribution is 2.20. The van der Waals surface area contributed by atoms with E-state index >= 15 is 0 Å².